The van der Waals surface area contributed by atoms with Crippen LogP contribution in [0.25, 0.3) is 0 Å². The molecule has 1 aromatic carbocycles. The summed E-state index contributed by atoms with van der Waals surface area (Å²) >= 11 is 32.2. The summed E-state index contributed by atoms with van der Waals surface area (Å²) in [4.78, 5) is 13.2. The molecule has 0 spiro atoms. The van der Waals surface area contributed by atoms with Crippen molar-refractivity contribution in [3.8, 4) is 5.75 Å². The highest BCUT2D eigenvalue weighted by atomic mass is 35.5. The second-order valence-corrected chi connectivity index (χ2v) is 8.66. The molecule has 8 heteroatoms. The maximum atomic E-state index is 13.0. The van der Waals surface area contributed by atoms with E-state index >= 15 is 0 Å². The van der Waals surface area contributed by atoms with Crippen LogP contribution in [0.2, 0.25) is 10.0 Å². The van der Waals surface area contributed by atoms with Gasteiger partial charge in [0.05, 0.1) is 22.8 Å². The van der Waals surface area contributed by atoms with Crippen LogP contribution in [0.1, 0.15) is 25.7 Å². The van der Waals surface area contributed by atoms with Gasteiger partial charge in [-0.05, 0) is 18.9 Å². The number of hydrogen-bond acceptors (Lipinski definition) is 2. The van der Waals surface area contributed by atoms with Crippen molar-refractivity contribution >= 4 is 69.6 Å². The minimum atomic E-state index is -1.47. The molecular weight excluding hydrogens is 403 g/mol. The summed E-state index contributed by atoms with van der Waals surface area (Å²) in [6.45, 7) is 0. The molecule has 1 heterocycles. The number of ether oxygens (including phenoxy) is 1. The minimum Gasteiger partial charge on any atom is -0.495 e. The monoisotopic (exact) mass is 415 g/mol. The molecule has 0 aromatic heterocycles. The molecule has 0 N–H and O–H groups in total. The first-order chi connectivity index (χ1) is 10.7. The highest BCUT2D eigenvalue weighted by Crippen LogP contribution is 2.59. The molecule has 3 nitrogen and oxygen atoms in total. The largest absolute Gasteiger partial charge is 0.495 e. The number of methoxy groups -OCH3 is 1. The highest BCUT2D eigenvalue weighted by molar-refractivity contribution is 6.56. The molecule has 3 rings (SSSR count). The van der Waals surface area contributed by atoms with E-state index in [4.69, 9.17) is 62.7 Å². The molecule has 2 atom stereocenters. The quantitative estimate of drug-likeness (QED) is 0.460. The molecule has 23 heavy (non-hydrogen) atoms. The molecule has 1 saturated carbocycles. The highest BCUT2D eigenvalue weighted by Gasteiger charge is 2.66. The summed E-state index contributed by atoms with van der Waals surface area (Å²) in [6.07, 6.45) is 3.01. The van der Waals surface area contributed by atoms with E-state index in [1.54, 1.807) is 6.07 Å². The van der Waals surface area contributed by atoms with Gasteiger partial charge >= 0.3 is 0 Å². The van der Waals surface area contributed by atoms with Gasteiger partial charge in [0.25, 0.3) is 5.91 Å². The molecule has 1 amide bonds. The zero-order valence-electron chi connectivity index (χ0n) is 12.2. The summed E-state index contributed by atoms with van der Waals surface area (Å²) in [6, 6.07) is 3.05. The lowest BCUT2D eigenvalue weighted by molar-refractivity contribution is -0.120. The molecule has 0 radical (unpaired) electrons. The number of halogens is 5. The van der Waals surface area contributed by atoms with Crippen LogP contribution in [0.5, 0.6) is 5.75 Å². The lowest BCUT2D eigenvalue weighted by Gasteiger charge is -2.35. The Morgan fingerprint density at radius 2 is 1.87 bits per heavy atom. The first-order valence-electron chi connectivity index (χ1n) is 7.18. The van der Waals surface area contributed by atoms with Gasteiger partial charge in [-0.2, -0.15) is 0 Å². The minimum absolute atomic E-state index is 0.258. The first kappa shape index (κ1) is 17.8. The van der Waals surface area contributed by atoms with E-state index in [0.29, 0.717) is 29.3 Å². The Morgan fingerprint density at radius 1 is 1.17 bits per heavy atom. The molecule has 1 saturated heterocycles. The normalized spacial score (nSPS) is 29.6. The molecule has 2 unspecified atom stereocenters. The molecule has 1 aliphatic heterocycles. The predicted octanol–water partition coefficient (Wildman–Crippen LogP) is 5.65. The van der Waals surface area contributed by atoms with Crippen molar-refractivity contribution in [2.45, 2.75) is 35.0 Å². The number of carbonyl (C=O) groups excluding carboxylic acids is 1. The molecule has 1 aromatic rings. The maximum Gasteiger partial charge on any atom is 0.251 e. The van der Waals surface area contributed by atoms with Gasteiger partial charge in [-0.1, -0.05) is 59.2 Å². The van der Waals surface area contributed by atoms with Gasteiger partial charge in [0.1, 0.15) is 10.6 Å². The van der Waals surface area contributed by atoms with Crippen molar-refractivity contribution in [3.05, 3.63) is 22.2 Å². The molecule has 1 aliphatic carbocycles. The Morgan fingerprint density at radius 3 is 2.48 bits per heavy atom. The number of nitrogens with zero attached hydrogens (tertiary/aromatic N) is 1. The number of fused-ring (bicyclic) bond motifs is 1. The van der Waals surface area contributed by atoms with Gasteiger partial charge in [0.15, 0.2) is 0 Å². The van der Waals surface area contributed by atoms with E-state index in [2.05, 4.69) is 0 Å². The van der Waals surface area contributed by atoms with Crippen molar-refractivity contribution in [3.63, 3.8) is 0 Å². The standard InChI is InChI=1S/C15H14Cl5NO2/c1-23-11-7-10(8(16)6-9(11)17)21-13(22)14(18)5-3-2-4-12(14)15(21,19)20/h6-7,12H,2-5H2,1H3. The number of anilines is 1. The smallest absolute Gasteiger partial charge is 0.251 e. The fraction of sp³-hybridized carbons (Fsp3) is 0.533. The molecule has 2 aliphatic rings. The van der Waals surface area contributed by atoms with Crippen molar-refractivity contribution in [2.24, 2.45) is 5.92 Å². The van der Waals surface area contributed by atoms with E-state index in [0.717, 1.165) is 12.8 Å². The van der Waals surface area contributed by atoms with E-state index in [1.807, 2.05) is 0 Å². The van der Waals surface area contributed by atoms with E-state index < -0.39 is 9.33 Å². The Labute approximate surface area is 159 Å². The Bertz CT molecular complexity index is 666. The zero-order chi connectivity index (χ0) is 17.0. The molecule has 0 bridgehead atoms. The lowest BCUT2D eigenvalue weighted by Crippen LogP contribution is -2.40. The number of alkyl halides is 3. The molecule has 126 valence electrons. The fourth-order valence-corrected chi connectivity index (χ4v) is 5.50. The van der Waals surface area contributed by atoms with Crippen molar-refractivity contribution in [1.82, 2.24) is 0 Å². The average Bonchev–Trinajstić information content (AvgIpc) is 2.64. The van der Waals surface area contributed by atoms with Gasteiger partial charge in [-0.3, -0.25) is 9.69 Å². The summed E-state index contributed by atoms with van der Waals surface area (Å²) in [5.41, 5.74) is 0.345. The predicted molar refractivity (Wildman–Crippen MR) is 95.5 cm³/mol. The number of amides is 1. The third-order valence-electron chi connectivity index (χ3n) is 4.57. The zero-order valence-corrected chi connectivity index (χ0v) is 16.0. The number of hydrogen-bond donors (Lipinski definition) is 0. The third kappa shape index (κ3) is 2.60. The van der Waals surface area contributed by atoms with Crippen LogP contribution in [-0.2, 0) is 4.79 Å². The Hall–Kier alpha value is -0.0600. The SMILES string of the molecule is COc1cc(N2C(=O)C3(Cl)CCCCC3C2(Cl)Cl)c(Cl)cc1Cl. The van der Waals surface area contributed by atoms with Crippen LogP contribution in [-0.4, -0.2) is 22.3 Å². The first-order valence-corrected chi connectivity index (χ1v) is 9.07. The van der Waals surface area contributed by atoms with Gasteiger partial charge < -0.3 is 4.74 Å². The average molecular weight is 418 g/mol. The summed E-state index contributed by atoms with van der Waals surface area (Å²) in [5, 5.41) is 0.592. The van der Waals surface area contributed by atoms with Gasteiger partial charge in [0, 0.05) is 12.0 Å². The molecule has 2 fully saturated rings. The van der Waals surface area contributed by atoms with E-state index in [9.17, 15) is 4.79 Å². The van der Waals surface area contributed by atoms with Gasteiger partial charge in [0.2, 0.25) is 4.46 Å². The van der Waals surface area contributed by atoms with Crippen LogP contribution in [0.15, 0.2) is 12.1 Å². The Kier molecular flexibility index (Phi) is 4.66. The fourth-order valence-electron chi connectivity index (χ4n) is 3.43. The van der Waals surface area contributed by atoms with E-state index in [1.165, 1.54) is 18.1 Å². The number of benzene rings is 1. The van der Waals surface area contributed by atoms with Crippen LogP contribution >= 0.6 is 58.0 Å². The maximum absolute atomic E-state index is 13.0. The number of rotatable bonds is 2. The topological polar surface area (TPSA) is 29.5 Å². The van der Waals surface area contributed by atoms with Crippen molar-refractivity contribution < 1.29 is 9.53 Å². The summed E-state index contributed by atoms with van der Waals surface area (Å²) < 4.78 is 3.73. The second-order valence-electron chi connectivity index (χ2n) is 5.83. The van der Waals surface area contributed by atoms with Gasteiger partial charge in [-0.25, -0.2) is 0 Å². The third-order valence-corrected chi connectivity index (χ3v) is 6.65. The second kappa shape index (κ2) is 6.03. The van der Waals surface area contributed by atoms with Crippen LogP contribution in [0.3, 0.4) is 0 Å². The molecular formula is C15H14Cl5NO2. The number of carbonyl (C=O) groups is 1. The van der Waals surface area contributed by atoms with Crippen LogP contribution in [0, 0.1) is 5.92 Å². The summed E-state index contributed by atoms with van der Waals surface area (Å²) in [7, 11) is 1.47. The van der Waals surface area contributed by atoms with Crippen molar-refractivity contribution in [1.29, 1.82) is 0 Å². The van der Waals surface area contributed by atoms with Crippen molar-refractivity contribution in [2.75, 3.05) is 12.0 Å². The Balaban J connectivity index is 2.14. The lowest BCUT2D eigenvalue weighted by atomic mass is 9.80. The van der Waals surface area contributed by atoms with Crippen LogP contribution in [0.4, 0.5) is 5.69 Å². The van der Waals surface area contributed by atoms with Gasteiger partial charge in [-0.15, -0.1) is 11.6 Å². The van der Waals surface area contributed by atoms with Crippen LogP contribution < -0.4 is 9.64 Å². The van der Waals surface area contributed by atoms with E-state index in [-0.39, 0.29) is 16.8 Å². The summed E-state index contributed by atoms with van der Waals surface area (Å²) in [5.74, 6) is -0.333.